The van der Waals surface area contributed by atoms with Crippen LogP contribution in [0.1, 0.15) is 22.5 Å². The van der Waals surface area contributed by atoms with E-state index in [9.17, 15) is 4.79 Å². The van der Waals surface area contributed by atoms with E-state index in [0.717, 1.165) is 53.4 Å². The quantitative estimate of drug-likeness (QED) is 0.672. The molecule has 1 atom stereocenters. The number of thiophene rings is 1. The molecule has 0 aromatic carbocycles. The number of aryl methyl sites for hydroxylation is 2. The fourth-order valence-electron chi connectivity index (χ4n) is 3.81. The average Bonchev–Trinajstić information content (AvgIpc) is 3.36. The number of fused-ring (bicyclic) bond motifs is 1. The number of nitrogens with zero attached hydrogens (tertiary/aromatic N) is 4. The van der Waals surface area contributed by atoms with Crippen LogP contribution in [-0.4, -0.2) is 52.3 Å². The minimum absolute atomic E-state index is 0. The highest BCUT2D eigenvalue weighted by atomic mass is 35.5. The molecule has 0 spiro atoms. The summed E-state index contributed by atoms with van der Waals surface area (Å²) in [5, 5.41) is 10.6. The van der Waals surface area contributed by atoms with Gasteiger partial charge in [-0.1, -0.05) is 6.07 Å². The van der Waals surface area contributed by atoms with Crippen molar-refractivity contribution in [3.63, 3.8) is 0 Å². The van der Waals surface area contributed by atoms with Crippen LogP contribution in [-0.2, 0) is 7.05 Å². The Kier molecular flexibility index (Phi) is 7.45. The van der Waals surface area contributed by atoms with E-state index in [1.165, 1.54) is 0 Å². The van der Waals surface area contributed by atoms with Crippen molar-refractivity contribution in [1.82, 2.24) is 25.0 Å². The number of hydrogen-bond acceptors (Lipinski definition) is 5. The van der Waals surface area contributed by atoms with Crippen molar-refractivity contribution < 1.29 is 4.79 Å². The summed E-state index contributed by atoms with van der Waals surface area (Å²) in [4.78, 5) is 21.2. The molecule has 3 aromatic rings. The molecule has 1 amide bonds. The second-order valence-corrected chi connectivity index (χ2v) is 7.85. The Morgan fingerprint density at radius 2 is 2.18 bits per heavy atom. The second kappa shape index (κ2) is 9.22. The lowest BCUT2D eigenvalue weighted by molar-refractivity contribution is 0.0789. The van der Waals surface area contributed by atoms with E-state index >= 15 is 0 Å². The van der Waals surface area contributed by atoms with Crippen LogP contribution in [0.15, 0.2) is 23.6 Å². The third kappa shape index (κ3) is 4.03. The summed E-state index contributed by atoms with van der Waals surface area (Å²) in [6, 6.07) is 5.98. The molecule has 4 heterocycles. The summed E-state index contributed by atoms with van der Waals surface area (Å²) in [7, 11) is 3.84. The van der Waals surface area contributed by atoms with Crippen LogP contribution in [0, 0.1) is 12.8 Å². The van der Waals surface area contributed by atoms with E-state index in [1.54, 1.807) is 16.0 Å². The predicted molar refractivity (Wildman–Crippen MR) is 119 cm³/mol. The molecule has 1 unspecified atom stereocenters. The van der Waals surface area contributed by atoms with Gasteiger partial charge in [0.05, 0.1) is 27.2 Å². The predicted octanol–water partition coefficient (Wildman–Crippen LogP) is 3.53. The first-order valence-corrected chi connectivity index (χ1v) is 9.78. The fraction of sp³-hybridized carbons (Fsp3) is 0.421. The highest BCUT2D eigenvalue weighted by Crippen LogP contribution is 2.30. The third-order valence-electron chi connectivity index (χ3n) is 5.04. The molecular formula is C19H25Cl2N5OS. The van der Waals surface area contributed by atoms with Crippen LogP contribution in [0.25, 0.3) is 21.6 Å². The highest BCUT2D eigenvalue weighted by molar-refractivity contribution is 7.13. The monoisotopic (exact) mass is 441 g/mol. The summed E-state index contributed by atoms with van der Waals surface area (Å²) in [6.07, 6.45) is 1.05. The Morgan fingerprint density at radius 1 is 1.39 bits per heavy atom. The Bertz CT molecular complexity index is 957. The van der Waals surface area contributed by atoms with E-state index in [4.69, 9.17) is 4.98 Å². The number of likely N-dealkylation sites (tertiary alicyclic amines) is 1. The van der Waals surface area contributed by atoms with Gasteiger partial charge in [-0.3, -0.25) is 9.48 Å². The van der Waals surface area contributed by atoms with Gasteiger partial charge in [-0.05, 0) is 50.4 Å². The molecule has 3 aromatic heterocycles. The molecule has 1 aliphatic rings. The van der Waals surface area contributed by atoms with Gasteiger partial charge in [-0.15, -0.1) is 36.2 Å². The topological polar surface area (TPSA) is 63.1 Å². The van der Waals surface area contributed by atoms with Crippen LogP contribution in [0.2, 0.25) is 0 Å². The molecule has 1 saturated heterocycles. The first-order valence-electron chi connectivity index (χ1n) is 8.90. The lowest BCUT2D eigenvalue weighted by atomic mass is 10.1. The summed E-state index contributed by atoms with van der Waals surface area (Å²) in [5.41, 5.74) is 3.17. The van der Waals surface area contributed by atoms with Gasteiger partial charge in [0.1, 0.15) is 0 Å². The zero-order valence-corrected chi connectivity index (χ0v) is 18.6. The molecule has 0 bridgehead atoms. The number of aromatic nitrogens is 3. The van der Waals surface area contributed by atoms with E-state index in [2.05, 4.69) is 10.4 Å². The summed E-state index contributed by atoms with van der Waals surface area (Å²) >= 11 is 1.63. The molecule has 28 heavy (non-hydrogen) atoms. The van der Waals surface area contributed by atoms with Crippen molar-refractivity contribution in [1.29, 1.82) is 0 Å². The lowest BCUT2D eigenvalue weighted by Gasteiger charge is -2.18. The lowest BCUT2D eigenvalue weighted by Crippen LogP contribution is -2.30. The van der Waals surface area contributed by atoms with Crippen LogP contribution in [0.5, 0.6) is 0 Å². The number of pyridine rings is 1. The van der Waals surface area contributed by atoms with Gasteiger partial charge in [0.2, 0.25) is 0 Å². The molecule has 1 fully saturated rings. The van der Waals surface area contributed by atoms with Crippen LogP contribution >= 0.6 is 36.2 Å². The van der Waals surface area contributed by atoms with E-state index in [1.807, 2.05) is 49.5 Å². The normalized spacial score (nSPS) is 16.1. The third-order valence-corrected chi connectivity index (χ3v) is 5.93. The number of hydrogen-bond donors (Lipinski definition) is 1. The first-order chi connectivity index (χ1) is 12.6. The molecule has 9 heteroatoms. The molecule has 0 saturated carbocycles. The van der Waals surface area contributed by atoms with Gasteiger partial charge in [0, 0.05) is 20.1 Å². The maximum atomic E-state index is 13.3. The van der Waals surface area contributed by atoms with Gasteiger partial charge >= 0.3 is 0 Å². The van der Waals surface area contributed by atoms with Gasteiger partial charge in [-0.2, -0.15) is 5.10 Å². The molecule has 6 nitrogen and oxygen atoms in total. The van der Waals surface area contributed by atoms with Crippen molar-refractivity contribution in [2.75, 3.05) is 26.7 Å². The van der Waals surface area contributed by atoms with Crippen molar-refractivity contribution in [2.24, 2.45) is 13.0 Å². The minimum atomic E-state index is 0. The van der Waals surface area contributed by atoms with Crippen LogP contribution < -0.4 is 5.32 Å². The van der Waals surface area contributed by atoms with Crippen molar-refractivity contribution in [3.8, 4) is 10.6 Å². The average molecular weight is 442 g/mol. The highest BCUT2D eigenvalue weighted by Gasteiger charge is 2.29. The molecule has 1 N–H and O–H groups in total. The number of amides is 1. The van der Waals surface area contributed by atoms with Gasteiger partial charge in [-0.25, -0.2) is 4.98 Å². The van der Waals surface area contributed by atoms with E-state index < -0.39 is 0 Å². The molecule has 4 rings (SSSR count). The molecule has 1 aliphatic heterocycles. The maximum Gasteiger partial charge on any atom is 0.254 e. The van der Waals surface area contributed by atoms with Crippen LogP contribution in [0.3, 0.4) is 0 Å². The Hall–Kier alpha value is -1.67. The maximum absolute atomic E-state index is 13.3. The number of halogens is 2. The minimum Gasteiger partial charge on any atom is -0.338 e. The first kappa shape index (κ1) is 22.6. The summed E-state index contributed by atoms with van der Waals surface area (Å²) in [5.74, 6) is 0.609. The Morgan fingerprint density at radius 3 is 2.86 bits per heavy atom. The zero-order valence-electron chi connectivity index (χ0n) is 16.1. The molecule has 0 radical (unpaired) electrons. The van der Waals surface area contributed by atoms with Gasteiger partial charge in [0.25, 0.3) is 5.91 Å². The van der Waals surface area contributed by atoms with Gasteiger partial charge in [0.15, 0.2) is 5.65 Å². The second-order valence-electron chi connectivity index (χ2n) is 6.90. The van der Waals surface area contributed by atoms with Crippen LogP contribution in [0.4, 0.5) is 0 Å². The van der Waals surface area contributed by atoms with Gasteiger partial charge < -0.3 is 10.2 Å². The number of rotatable bonds is 4. The van der Waals surface area contributed by atoms with Crippen molar-refractivity contribution in [3.05, 3.63) is 34.8 Å². The van der Waals surface area contributed by atoms with E-state index in [-0.39, 0.29) is 30.7 Å². The SMILES string of the molecule is CNCC1CCN(C(=O)c2cc(-c3cccs3)nc3c2c(C)nn3C)C1.Cl.Cl. The Labute approximate surface area is 181 Å². The van der Waals surface area contributed by atoms with Crippen molar-refractivity contribution >= 4 is 53.1 Å². The zero-order chi connectivity index (χ0) is 18.3. The number of carbonyl (C=O) groups is 1. The summed E-state index contributed by atoms with van der Waals surface area (Å²) in [6.45, 7) is 4.50. The Balaban J connectivity index is 0.00000140. The largest absolute Gasteiger partial charge is 0.338 e. The van der Waals surface area contributed by atoms with E-state index in [0.29, 0.717) is 11.5 Å². The molecule has 152 valence electrons. The molecule has 0 aliphatic carbocycles. The number of carbonyl (C=O) groups excluding carboxylic acids is 1. The number of nitrogens with one attached hydrogen (secondary N) is 1. The standard InChI is InChI=1S/C19H23N5OS.2ClH/c1-12-17-14(19(25)24-7-6-13(11-24)10-20-2)9-15(16-5-4-8-26-16)21-18(17)23(3)22-12;;/h4-5,8-9,13,20H,6-7,10-11H2,1-3H3;2*1H. The fourth-order valence-corrected chi connectivity index (χ4v) is 4.49. The van der Waals surface area contributed by atoms with Crippen molar-refractivity contribution in [2.45, 2.75) is 13.3 Å². The summed E-state index contributed by atoms with van der Waals surface area (Å²) < 4.78 is 1.77. The molecular weight excluding hydrogens is 417 g/mol. The smallest absolute Gasteiger partial charge is 0.254 e.